The quantitative estimate of drug-likeness (QED) is 0.881. The van der Waals surface area contributed by atoms with Gasteiger partial charge in [-0.05, 0) is 36.4 Å². The molecule has 0 unspecified atom stereocenters. The average molecular weight is 311 g/mol. The zero-order chi connectivity index (χ0) is 12.3. The van der Waals surface area contributed by atoms with Crippen LogP contribution in [0, 0.1) is 0 Å². The first-order valence-corrected chi connectivity index (χ1v) is 6.57. The molecule has 17 heavy (non-hydrogen) atoms. The van der Waals surface area contributed by atoms with Crippen molar-refractivity contribution in [1.29, 1.82) is 0 Å². The summed E-state index contributed by atoms with van der Waals surface area (Å²) in [6, 6.07) is 14.3. The van der Waals surface area contributed by atoms with E-state index in [0.29, 0.717) is 0 Å². The van der Waals surface area contributed by atoms with Crippen LogP contribution in [0.4, 0.5) is 0 Å². The lowest BCUT2D eigenvalue weighted by Crippen LogP contribution is -2.04. The van der Waals surface area contributed by atoms with Gasteiger partial charge in [-0.3, -0.25) is 0 Å². The van der Waals surface area contributed by atoms with Gasteiger partial charge in [0, 0.05) is 21.6 Å². The van der Waals surface area contributed by atoms with Crippen molar-refractivity contribution in [3.05, 3.63) is 57.5 Å². The highest BCUT2D eigenvalue weighted by Crippen LogP contribution is 2.29. The Bertz CT molecular complexity index is 508. The SMILES string of the molecule is CNCc1ccc(-c2ccc(Br)cc2)c(Cl)c1. The van der Waals surface area contributed by atoms with Crippen LogP contribution < -0.4 is 5.32 Å². The minimum absolute atomic E-state index is 0.792. The molecule has 2 rings (SSSR count). The van der Waals surface area contributed by atoms with E-state index in [1.54, 1.807) is 0 Å². The molecule has 2 aromatic carbocycles. The summed E-state index contributed by atoms with van der Waals surface area (Å²) >= 11 is 9.73. The second-order valence-corrected chi connectivity index (χ2v) is 5.17. The normalized spacial score (nSPS) is 10.5. The molecule has 0 heterocycles. The van der Waals surface area contributed by atoms with Gasteiger partial charge in [-0.25, -0.2) is 0 Å². The van der Waals surface area contributed by atoms with Crippen LogP contribution in [-0.2, 0) is 6.54 Å². The highest BCUT2D eigenvalue weighted by molar-refractivity contribution is 9.10. The Balaban J connectivity index is 2.36. The molecule has 88 valence electrons. The van der Waals surface area contributed by atoms with Crippen LogP contribution in [0.5, 0.6) is 0 Å². The monoisotopic (exact) mass is 309 g/mol. The Hall–Kier alpha value is -0.830. The lowest BCUT2D eigenvalue weighted by Gasteiger charge is -2.07. The summed E-state index contributed by atoms with van der Waals surface area (Å²) in [5.41, 5.74) is 3.39. The minimum atomic E-state index is 0.792. The van der Waals surface area contributed by atoms with Gasteiger partial charge >= 0.3 is 0 Å². The summed E-state index contributed by atoms with van der Waals surface area (Å²) in [7, 11) is 1.93. The van der Waals surface area contributed by atoms with Crippen molar-refractivity contribution in [2.45, 2.75) is 6.54 Å². The Morgan fingerprint density at radius 1 is 1.12 bits per heavy atom. The summed E-state index contributed by atoms with van der Waals surface area (Å²) in [6.07, 6.45) is 0. The molecule has 0 aromatic heterocycles. The van der Waals surface area contributed by atoms with Crippen molar-refractivity contribution in [2.24, 2.45) is 0 Å². The third-order valence-corrected chi connectivity index (χ3v) is 3.41. The van der Waals surface area contributed by atoms with E-state index in [9.17, 15) is 0 Å². The first-order valence-electron chi connectivity index (χ1n) is 5.39. The van der Waals surface area contributed by atoms with E-state index in [1.165, 1.54) is 5.56 Å². The van der Waals surface area contributed by atoms with Gasteiger partial charge in [-0.2, -0.15) is 0 Å². The van der Waals surface area contributed by atoms with Gasteiger partial charge in [-0.1, -0.05) is 51.8 Å². The number of hydrogen-bond acceptors (Lipinski definition) is 1. The standard InChI is InChI=1S/C14H13BrClN/c1-17-9-10-2-7-13(14(16)8-10)11-3-5-12(15)6-4-11/h2-8,17H,9H2,1H3. The molecule has 1 N–H and O–H groups in total. The van der Waals surface area contributed by atoms with Gasteiger partial charge < -0.3 is 5.32 Å². The lowest BCUT2D eigenvalue weighted by atomic mass is 10.0. The zero-order valence-electron chi connectivity index (χ0n) is 9.50. The summed E-state index contributed by atoms with van der Waals surface area (Å²) in [4.78, 5) is 0. The number of nitrogens with one attached hydrogen (secondary N) is 1. The van der Waals surface area contributed by atoms with Crippen LogP contribution >= 0.6 is 27.5 Å². The molecule has 0 bridgehead atoms. The number of halogens is 2. The van der Waals surface area contributed by atoms with Crippen molar-refractivity contribution in [2.75, 3.05) is 7.05 Å². The second kappa shape index (κ2) is 5.67. The maximum atomic E-state index is 6.30. The predicted molar refractivity (Wildman–Crippen MR) is 77.4 cm³/mol. The fraction of sp³-hybridized carbons (Fsp3) is 0.143. The smallest absolute Gasteiger partial charge is 0.0487 e. The molecule has 0 aliphatic heterocycles. The van der Waals surface area contributed by atoms with Crippen LogP contribution in [0.2, 0.25) is 5.02 Å². The fourth-order valence-electron chi connectivity index (χ4n) is 1.74. The van der Waals surface area contributed by atoms with Crippen LogP contribution in [-0.4, -0.2) is 7.05 Å². The third-order valence-electron chi connectivity index (χ3n) is 2.57. The molecule has 0 radical (unpaired) electrons. The van der Waals surface area contributed by atoms with Gasteiger partial charge in [-0.15, -0.1) is 0 Å². The second-order valence-electron chi connectivity index (χ2n) is 3.85. The topological polar surface area (TPSA) is 12.0 Å². The molecule has 2 aromatic rings. The summed E-state index contributed by atoms with van der Waals surface area (Å²) in [6.45, 7) is 0.834. The lowest BCUT2D eigenvalue weighted by molar-refractivity contribution is 0.818. The van der Waals surface area contributed by atoms with Crippen molar-refractivity contribution < 1.29 is 0 Å². The van der Waals surface area contributed by atoms with Crippen molar-refractivity contribution >= 4 is 27.5 Å². The first kappa shape index (κ1) is 12.6. The Kier molecular flexibility index (Phi) is 4.21. The maximum absolute atomic E-state index is 6.30. The molecule has 0 saturated carbocycles. The fourth-order valence-corrected chi connectivity index (χ4v) is 2.31. The van der Waals surface area contributed by atoms with Crippen molar-refractivity contribution in [1.82, 2.24) is 5.32 Å². The zero-order valence-corrected chi connectivity index (χ0v) is 11.8. The summed E-state index contributed by atoms with van der Waals surface area (Å²) in [5.74, 6) is 0. The Morgan fingerprint density at radius 2 is 1.82 bits per heavy atom. The van der Waals surface area contributed by atoms with E-state index in [-0.39, 0.29) is 0 Å². The van der Waals surface area contributed by atoms with Crippen LogP contribution in [0.3, 0.4) is 0 Å². The number of hydrogen-bond donors (Lipinski definition) is 1. The molecule has 3 heteroatoms. The van der Waals surface area contributed by atoms with Gasteiger partial charge in [0.2, 0.25) is 0 Å². The molecule has 0 atom stereocenters. The molecular formula is C14H13BrClN. The molecular weight excluding hydrogens is 298 g/mol. The molecule has 0 saturated heterocycles. The number of benzene rings is 2. The van der Waals surface area contributed by atoms with Gasteiger partial charge in [0.1, 0.15) is 0 Å². The largest absolute Gasteiger partial charge is 0.316 e. The molecule has 0 aliphatic rings. The van der Waals surface area contributed by atoms with Crippen LogP contribution in [0.15, 0.2) is 46.9 Å². The van der Waals surface area contributed by atoms with E-state index >= 15 is 0 Å². The predicted octanol–water partition coefficient (Wildman–Crippen LogP) is 4.49. The molecule has 0 spiro atoms. The van der Waals surface area contributed by atoms with Gasteiger partial charge in [0.15, 0.2) is 0 Å². The molecule has 0 aliphatic carbocycles. The van der Waals surface area contributed by atoms with Crippen molar-refractivity contribution in [3.8, 4) is 11.1 Å². The Labute approximate surface area is 115 Å². The summed E-state index contributed by atoms with van der Waals surface area (Å²) in [5, 5.41) is 3.90. The maximum Gasteiger partial charge on any atom is 0.0487 e. The van der Waals surface area contributed by atoms with Gasteiger partial charge in [0.05, 0.1) is 0 Å². The van der Waals surface area contributed by atoms with E-state index in [4.69, 9.17) is 11.6 Å². The summed E-state index contributed by atoms with van der Waals surface area (Å²) < 4.78 is 1.07. The number of rotatable bonds is 3. The third kappa shape index (κ3) is 3.09. The molecule has 0 amide bonds. The average Bonchev–Trinajstić information content (AvgIpc) is 2.31. The highest BCUT2D eigenvalue weighted by Gasteiger charge is 2.04. The van der Waals surface area contributed by atoms with E-state index in [1.807, 2.05) is 25.2 Å². The minimum Gasteiger partial charge on any atom is -0.316 e. The van der Waals surface area contributed by atoms with E-state index in [0.717, 1.165) is 27.2 Å². The van der Waals surface area contributed by atoms with Crippen LogP contribution in [0.1, 0.15) is 5.56 Å². The van der Waals surface area contributed by atoms with Gasteiger partial charge in [0.25, 0.3) is 0 Å². The first-order chi connectivity index (χ1) is 8.20. The highest BCUT2D eigenvalue weighted by atomic mass is 79.9. The molecule has 1 nitrogen and oxygen atoms in total. The Morgan fingerprint density at radius 3 is 2.41 bits per heavy atom. The van der Waals surface area contributed by atoms with Crippen molar-refractivity contribution in [3.63, 3.8) is 0 Å². The van der Waals surface area contributed by atoms with E-state index in [2.05, 4.69) is 45.5 Å². The molecule has 0 fully saturated rings. The van der Waals surface area contributed by atoms with Crippen LogP contribution in [0.25, 0.3) is 11.1 Å². The van der Waals surface area contributed by atoms with E-state index < -0.39 is 0 Å².